The quantitative estimate of drug-likeness (QED) is 0.481. The summed E-state index contributed by atoms with van der Waals surface area (Å²) in [5.41, 5.74) is 2.01. The molecule has 0 unspecified atom stereocenters. The summed E-state index contributed by atoms with van der Waals surface area (Å²) in [6, 6.07) is 1.03. The normalized spacial score (nSPS) is 21.0. The molecule has 0 aliphatic carbocycles. The molecule has 4 heterocycles. The Balaban J connectivity index is 1.54. The van der Waals surface area contributed by atoms with Gasteiger partial charge in [0.25, 0.3) is 0 Å². The molecule has 0 aromatic carbocycles. The van der Waals surface area contributed by atoms with Crippen LogP contribution < -0.4 is 10.2 Å². The number of likely N-dealkylation sites (N-methyl/N-ethyl adjacent to an activating group) is 1. The summed E-state index contributed by atoms with van der Waals surface area (Å²) in [7, 11) is 2.20. The Morgan fingerprint density at radius 2 is 1.72 bits per heavy atom. The van der Waals surface area contributed by atoms with Crippen LogP contribution in [0, 0.1) is 11.8 Å². The van der Waals surface area contributed by atoms with Gasteiger partial charge in [-0.25, -0.2) is 4.98 Å². The highest BCUT2D eigenvalue weighted by Crippen LogP contribution is 2.27. The highest BCUT2D eigenvalue weighted by Gasteiger charge is 2.24. The zero-order valence-corrected chi connectivity index (χ0v) is 25.0. The van der Waals surface area contributed by atoms with Gasteiger partial charge in [0, 0.05) is 63.3 Å². The van der Waals surface area contributed by atoms with Gasteiger partial charge >= 0.3 is 0 Å². The number of nitrogens with zero attached hydrogens (tertiary/aromatic N) is 6. The molecule has 7 nitrogen and oxygen atoms in total. The first-order valence-corrected chi connectivity index (χ1v) is 15.4. The Morgan fingerprint density at radius 1 is 0.923 bits per heavy atom. The number of piperidine rings is 2. The van der Waals surface area contributed by atoms with Gasteiger partial charge in [0.2, 0.25) is 5.95 Å². The van der Waals surface area contributed by atoms with E-state index in [1.54, 1.807) is 0 Å². The molecular weight excluding hydrogens is 482 g/mol. The Hall–Kier alpha value is -2.40. The average Bonchev–Trinajstić information content (AvgIpc) is 3.17. The number of allylic oxidation sites excluding steroid dienone is 2. The molecule has 0 bridgehead atoms. The third-order valence-corrected chi connectivity index (χ3v) is 8.33. The predicted molar refractivity (Wildman–Crippen MR) is 166 cm³/mol. The fourth-order valence-corrected chi connectivity index (χ4v) is 5.83. The first-order valence-electron chi connectivity index (χ1n) is 15.4. The highest BCUT2D eigenvalue weighted by atomic mass is 15.3. The molecule has 3 aliphatic heterocycles. The second kappa shape index (κ2) is 15.4. The molecule has 3 fully saturated rings. The van der Waals surface area contributed by atoms with Crippen LogP contribution in [0.4, 0.5) is 11.8 Å². The maximum absolute atomic E-state index is 5.14. The van der Waals surface area contributed by atoms with Crippen molar-refractivity contribution in [3.63, 3.8) is 0 Å². The van der Waals surface area contributed by atoms with E-state index in [0.29, 0.717) is 12.1 Å². The van der Waals surface area contributed by atoms with Crippen LogP contribution in [0.2, 0.25) is 0 Å². The van der Waals surface area contributed by atoms with Crippen LogP contribution in [0.1, 0.15) is 77.0 Å². The van der Waals surface area contributed by atoms with Crippen molar-refractivity contribution in [1.29, 1.82) is 0 Å². The van der Waals surface area contributed by atoms with Crippen molar-refractivity contribution in [2.45, 2.75) is 77.8 Å². The van der Waals surface area contributed by atoms with Crippen molar-refractivity contribution in [2.24, 2.45) is 0 Å². The number of hydrogen-bond acceptors (Lipinski definition) is 7. The maximum atomic E-state index is 5.14. The fourth-order valence-electron chi connectivity index (χ4n) is 5.83. The first-order chi connectivity index (χ1) is 19.0. The van der Waals surface area contributed by atoms with Crippen molar-refractivity contribution in [1.82, 2.24) is 24.7 Å². The second-order valence-electron chi connectivity index (χ2n) is 11.7. The number of nitrogens with one attached hydrogen (secondary N) is 1. The molecule has 0 radical (unpaired) electrons. The lowest BCUT2D eigenvalue weighted by Crippen LogP contribution is -2.42. The zero-order chi connectivity index (χ0) is 27.5. The molecule has 0 atom stereocenters. The monoisotopic (exact) mass is 533 g/mol. The van der Waals surface area contributed by atoms with E-state index in [1.165, 1.54) is 32.4 Å². The van der Waals surface area contributed by atoms with Gasteiger partial charge in [-0.3, -0.25) is 0 Å². The molecule has 4 rings (SSSR count). The summed E-state index contributed by atoms with van der Waals surface area (Å²) in [5, 5.41) is 3.84. The second-order valence-corrected chi connectivity index (χ2v) is 11.7. The Labute approximate surface area is 237 Å². The molecule has 3 aliphatic rings. The molecule has 1 aromatic heterocycles. The lowest BCUT2D eigenvalue weighted by Gasteiger charge is -2.35. The number of hydrogen-bond donors (Lipinski definition) is 1. The maximum Gasteiger partial charge on any atom is 0.227 e. The molecular formula is C32H51N7. The molecule has 0 spiro atoms. The van der Waals surface area contributed by atoms with Crippen molar-refractivity contribution in [3.05, 3.63) is 23.4 Å². The molecule has 1 aromatic rings. The molecule has 214 valence electrons. The molecule has 0 amide bonds. The van der Waals surface area contributed by atoms with E-state index in [0.717, 1.165) is 94.5 Å². The van der Waals surface area contributed by atoms with Crippen LogP contribution in [-0.4, -0.2) is 103 Å². The predicted octanol–water partition coefficient (Wildman–Crippen LogP) is 4.83. The third kappa shape index (κ3) is 9.06. The van der Waals surface area contributed by atoms with Crippen molar-refractivity contribution < 1.29 is 0 Å². The van der Waals surface area contributed by atoms with Crippen LogP contribution in [0.25, 0.3) is 12.2 Å². The summed E-state index contributed by atoms with van der Waals surface area (Å²) >= 11 is 0. The van der Waals surface area contributed by atoms with Crippen LogP contribution in [0.5, 0.6) is 0 Å². The van der Waals surface area contributed by atoms with E-state index < -0.39 is 0 Å². The molecule has 1 N–H and O–H groups in total. The smallest absolute Gasteiger partial charge is 0.227 e. The average molecular weight is 534 g/mol. The van der Waals surface area contributed by atoms with E-state index in [1.807, 2.05) is 6.08 Å². The topological polar surface area (TPSA) is 50.8 Å². The minimum atomic E-state index is 0.424. The zero-order valence-electron chi connectivity index (χ0n) is 25.0. The number of anilines is 2. The van der Waals surface area contributed by atoms with Gasteiger partial charge in [0.15, 0.2) is 0 Å². The van der Waals surface area contributed by atoms with Crippen molar-refractivity contribution in [2.75, 3.05) is 76.2 Å². The van der Waals surface area contributed by atoms with Gasteiger partial charge in [0.1, 0.15) is 5.82 Å². The minimum absolute atomic E-state index is 0.424. The lowest BCUT2D eigenvalue weighted by molar-refractivity contribution is 0.177. The van der Waals surface area contributed by atoms with Crippen LogP contribution >= 0.6 is 0 Å². The van der Waals surface area contributed by atoms with Crippen LogP contribution in [0.3, 0.4) is 0 Å². The molecule has 3 saturated heterocycles. The number of aromatic nitrogens is 2. The lowest BCUT2D eigenvalue weighted by atomic mass is 10.0. The molecule has 39 heavy (non-hydrogen) atoms. The summed E-state index contributed by atoms with van der Waals surface area (Å²) in [4.78, 5) is 20.1. The summed E-state index contributed by atoms with van der Waals surface area (Å²) < 4.78 is 0. The standard InChI is InChI=1S/C32H51N7/c1-5-14-29-30(15-9-6-7-10-19-37-20-11-8-12-21-37)34-32(39-22-13-18-36(4)25-26-39)35-31(29)33-28-16-23-38(24-17-28)27(2)3/h5,9,14-15,27-28H,8,10-13,16-26H2,1-4H3,(H,33,34,35)/b14-5-,15-9+. The van der Waals surface area contributed by atoms with Gasteiger partial charge in [0.05, 0.1) is 5.69 Å². The Kier molecular flexibility index (Phi) is 11.7. The fraction of sp³-hybridized carbons (Fsp3) is 0.688. The molecule has 7 heteroatoms. The highest BCUT2D eigenvalue weighted by molar-refractivity contribution is 5.73. The first kappa shape index (κ1) is 29.6. The molecule has 0 saturated carbocycles. The number of rotatable bonds is 8. The Morgan fingerprint density at radius 3 is 2.46 bits per heavy atom. The van der Waals surface area contributed by atoms with Crippen LogP contribution in [0.15, 0.2) is 12.2 Å². The summed E-state index contributed by atoms with van der Waals surface area (Å²) in [6.07, 6.45) is 16.7. The van der Waals surface area contributed by atoms with Gasteiger partial charge in [-0.1, -0.05) is 30.4 Å². The minimum Gasteiger partial charge on any atom is -0.367 e. The van der Waals surface area contributed by atoms with E-state index in [9.17, 15) is 0 Å². The van der Waals surface area contributed by atoms with Gasteiger partial charge in [-0.2, -0.15) is 4.98 Å². The SMILES string of the molecule is C/C=C\c1c(/C=C/C#CCCN2CCCCC2)nc(N2CCCN(C)CC2)nc1NC1CCN(C(C)C)CC1. The summed E-state index contributed by atoms with van der Waals surface area (Å²) in [5.74, 6) is 8.44. The van der Waals surface area contributed by atoms with Gasteiger partial charge in [-0.05, 0) is 91.7 Å². The third-order valence-electron chi connectivity index (χ3n) is 8.33. The van der Waals surface area contributed by atoms with Crippen molar-refractivity contribution in [3.8, 4) is 11.8 Å². The van der Waals surface area contributed by atoms with Gasteiger partial charge < -0.3 is 24.9 Å². The number of likely N-dealkylation sites (tertiary alicyclic amines) is 2. The van der Waals surface area contributed by atoms with E-state index in [2.05, 4.69) is 82.8 Å². The van der Waals surface area contributed by atoms with Crippen molar-refractivity contribution >= 4 is 23.9 Å². The largest absolute Gasteiger partial charge is 0.367 e. The van der Waals surface area contributed by atoms with E-state index >= 15 is 0 Å². The van der Waals surface area contributed by atoms with E-state index in [4.69, 9.17) is 9.97 Å². The summed E-state index contributed by atoms with van der Waals surface area (Å²) in [6.45, 7) is 16.5. The Bertz CT molecular complexity index is 1010. The van der Waals surface area contributed by atoms with Crippen LogP contribution in [-0.2, 0) is 0 Å². The van der Waals surface area contributed by atoms with E-state index in [-0.39, 0.29) is 0 Å². The van der Waals surface area contributed by atoms with Gasteiger partial charge in [-0.15, -0.1) is 0 Å².